The summed E-state index contributed by atoms with van der Waals surface area (Å²) in [6, 6.07) is 8.77. The zero-order valence-corrected chi connectivity index (χ0v) is 16.3. The Kier molecular flexibility index (Phi) is 5.73. The standard InChI is InChI=1S/C17H22BrN5S/c1-12-16(24-11-21-12)9-20-17(19-2)22-13-7-8-23(10-13)15-6-4-3-5-14(15)18/h3-6,11,13H,7-10H2,1-2H3,(H2,19,20,22). The van der Waals surface area contributed by atoms with E-state index in [4.69, 9.17) is 0 Å². The van der Waals surface area contributed by atoms with Crippen LogP contribution in [0.15, 0.2) is 39.2 Å². The normalized spacial score (nSPS) is 18.0. The molecule has 0 saturated carbocycles. The largest absolute Gasteiger partial charge is 0.368 e. The van der Waals surface area contributed by atoms with Crippen molar-refractivity contribution in [2.75, 3.05) is 25.0 Å². The van der Waals surface area contributed by atoms with Gasteiger partial charge in [0.15, 0.2) is 5.96 Å². The van der Waals surface area contributed by atoms with Crippen LogP contribution in [-0.4, -0.2) is 37.1 Å². The Morgan fingerprint density at radius 3 is 3.00 bits per heavy atom. The van der Waals surface area contributed by atoms with E-state index in [1.165, 1.54) is 10.6 Å². The fourth-order valence-electron chi connectivity index (χ4n) is 2.85. The van der Waals surface area contributed by atoms with Crippen LogP contribution >= 0.6 is 27.3 Å². The summed E-state index contributed by atoms with van der Waals surface area (Å²) >= 11 is 5.32. The lowest BCUT2D eigenvalue weighted by Gasteiger charge is -2.21. The van der Waals surface area contributed by atoms with Crippen LogP contribution in [0.25, 0.3) is 0 Å². The Bertz CT molecular complexity index is 715. The number of guanidine groups is 1. The number of benzene rings is 1. The Balaban J connectivity index is 1.54. The number of rotatable bonds is 4. The second-order valence-corrected chi connectivity index (χ2v) is 7.61. The SMILES string of the molecule is CN=C(NCc1scnc1C)NC1CCN(c2ccccc2Br)C1. The van der Waals surface area contributed by atoms with Gasteiger partial charge in [-0.15, -0.1) is 11.3 Å². The lowest BCUT2D eigenvalue weighted by molar-refractivity contribution is 0.649. The molecule has 24 heavy (non-hydrogen) atoms. The quantitative estimate of drug-likeness (QED) is 0.603. The number of aromatic nitrogens is 1. The van der Waals surface area contributed by atoms with E-state index < -0.39 is 0 Å². The highest BCUT2D eigenvalue weighted by Gasteiger charge is 2.24. The fraction of sp³-hybridized carbons (Fsp3) is 0.412. The lowest BCUT2D eigenvalue weighted by Crippen LogP contribution is -2.44. The van der Waals surface area contributed by atoms with E-state index in [0.29, 0.717) is 6.04 Å². The third-order valence-electron chi connectivity index (χ3n) is 4.21. The second kappa shape index (κ2) is 7.98. The van der Waals surface area contributed by atoms with Crippen molar-refractivity contribution >= 4 is 38.9 Å². The molecule has 0 aliphatic carbocycles. The maximum Gasteiger partial charge on any atom is 0.191 e. The van der Waals surface area contributed by atoms with E-state index in [1.54, 1.807) is 11.3 Å². The highest BCUT2D eigenvalue weighted by molar-refractivity contribution is 9.10. The second-order valence-electron chi connectivity index (χ2n) is 5.81. The van der Waals surface area contributed by atoms with E-state index >= 15 is 0 Å². The Morgan fingerprint density at radius 1 is 1.46 bits per heavy atom. The third-order valence-corrected chi connectivity index (χ3v) is 5.81. The number of aliphatic imine (C=N–C) groups is 1. The molecule has 2 N–H and O–H groups in total. The van der Waals surface area contributed by atoms with Crippen molar-refractivity contribution in [3.8, 4) is 0 Å². The molecule has 1 aliphatic rings. The van der Waals surface area contributed by atoms with Crippen LogP contribution in [0.4, 0.5) is 5.69 Å². The summed E-state index contributed by atoms with van der Waals surface area (Å²) in [5.74, 6) is 0.849. The maximum absolute atomic E-state index is 4.35. The lowest BCUT2D eigenvalue weighted by atomic mass is 10.2. The molecule has 7 heteroatoms. The number of nitrogens with zero attached hydrogens (tertiary/aromatic N) is 3. The van der Waals surface area contributed by atoms with Gasteiger partial charge in [-0.1, -0.05) is 12.1 Å². The Labute approximate surface area is 155 Å². The van der Waals surface area contributed by atoms with Crippen molar-refractivity contribution in [3.05, 3.63) is 44.8 Å². The van der Waals surface area contributed by atoms with Crippen LogP contribution in [0.5, 0.6) is 0 Å². The predicted molar refractivity (Wildman–Crippen MR) is 105 cm³/mol. The molecule has 1 aromatic heterocycles. The van der Waals surface area contributed by atoms with Gasteiger partial charge in [0.2, 0.25) is 0 Å². The van der Waals surface area contributed by atoms with Gasteiger partial charge in [0, 0.05) is 35.5 Å². The maximum atomic E-state index is 4.35. The monoisotopic (exact) mass is 407 g/mol. The minimum atomic E-state index is 0.394. The van der Waals surface area contributed by atoms with Crippen molar-refractivity contribution in [3.63, 3.8) is 0 Å². The van der Waals surface area contributed by atoms with Crippen LogP contribution in [0.3, 0.4) is 0 Å². The smallest absolute Gasteiger partial charge is 0.191 e. The number of thiazole rings is 1. The number of aryl methyl sites for hydroxylation is 1. The van der Waals surface area contributed by atoms with Gasteiger partial charge in [0.05, 0.1) is 23.4 Å². The molecule has 2 heterocycles. The van der Waals surface area contributed by atoms with E-state index in [-0.39, 0.29) is 0 Å². The molecule has 1 saturated heterocycles. The van der Waals surface area contributed by atoms with Gasteiger partial charge in [-0.05, 0) is 41.4 Å². The first-order valence-electron chi connectivity index (χ1n) is 8.03. The molecule has 1 atom stereocenters. The van der Waals surface area contributed by atoms with Crippen molar-refractivity contribution < 1.29 is 0 Å². The van der Waals surface area contributed by atoms with Crippen LogP contribution < -0.4 is 15.5 Å². The summed E-state index contributed by atoms with van der Waals surface area (Å²) in [5.41, 5.74) is 4.23. The molecule has 128 valence electrons. The summed E-state index contributed by atoms with van der Waals surface area (Å²) in [5, 5.41) is 6.92. The van der Waals surface area contributed by atoms with Crippen LogP contribution in [-0.2, 0) is 6.54 Å². The van der Waals surface area contributed by atoms with Gasteiger partial charge in [-0.3, -0.25) is 4.99 Å². The molecule has 0 amide bonds. The zero-order valence-electron chi connectivity index (χ0n) is 13.9. The van der Waals surface area contributed by atoms with Crippen LogP contribution in [0.2, 0.25) is 0 Å². The van der Waals surface area contributed by atoms with Gasteiger partial charge < -0.3 is 15.5 Å². The first-order valence-corrected chi connectivity index (χ1v) is 9.70. The molecule has 0 radical (unpaired) electrons. The molecule has 1 fully saturated rings. The van der Waals surface area contributed by atoms with Crippen LogP contribution in [0, 0.1) is 6.92 Å². The molecule has 3 rings (SSSR count). The summed E-state index contributed by atoms with van der Waals surface area (Å²) in [6.45, 7) is 4.82. The van der Waals surface area contributed by atoms with Crippen molar-refractivity contribution in [1.82, 2.24) is 15.6 Å². The Morgan fingerprint density at radius 2 is 2.29 bits per heavy atom. The summed E-state index contributed by atoms with van der Waals surface area (Å²) in [4.78, 5) is 12.3. The summed E-state index contributed by atoms with van der Waals surface area (Å²) in [7, 11) is 1.81. The zero-order chi connectivity index (χ0) is 16.9. The van der Waals surface area contributed by atoms with Gasteiger partial charge >= 0.3 is 0 Å². The highest BCUT2D eigenvalue weighted by atomic mass is 79.9. The molecular weight excluding hydrogens is 386 g/mol. The number of nitrogens with one attached hydrogen (secondary N) is 2. The van der Waals surface area contributed by atoms with Gasteiger partial charge in [-0.25, -0.2) is 4.98 Å². The molecule has 1 aliphatic heterocycles. The molecule has 0 bridgehead atoms. The molecule has 1 unspecified atom stereocenters. The fourth-order valence-corrected chi connectivity index (χ4v) is 4.11. The number of anilines is 1. The van der Waals surface area contributed by atoms with Gasteiger partial charge in [-0.2, -0.15) is 0 Å². The summed E-state index contributed by atoms with van der Waals surface area (Å²) < 4.78 is 1.15. The third kappa shape index (κ3) is 4.08. The van der Waals surface area contributed by atoms with E-state index in [9.17, 15) is 0 Å². The number of para-hydroxylation sites is 1. The molecule has 2 aromatic rings. The average Bonchev–Trinajstić information content (AvgIpc) is 3.21. The van der Waals surface area contributed by atoms with Gasteiger partial charge in [0.25, 0.3) is 0 Å². The predicted octanol–water partition coefficient (Wildman–Crippen LogP) is 3.16. The van der Waals surface area contributed by atoms with Crippen molar-refractivity contribution in [2.24, 2.45) is 4.99 Å². The molecule has 0 spiro atoms. The number of hydrogen-bond acceptors (Lipinski definition) is 4. The first-order chi connectivity index (χ1) is 11.7. The van der Waals surface area contributed by atoms with Gasteiger partial charge in [0.1, 0.15) is 0 Å². The topological polar surface area (TPSA) is 52.6 Å². The molecule has 1 aromatic carbocycles. The highest BCUT2D eigenvalue weighted by Crippen LogP contribution is 2.28. The van der Waals surface area contributed by atoms with E-state index in [0.717, 1.165) is 42.2 Å². The first kappa shape index (κ1) is 17.2. The van der Waals surface area contributed by atoms with E-state index in [1.807, 2.05) is 25.5 Å². The number of hydrogen-bond donors (Lipinski definition) is 2. The minimum Gasteiger partial charge on any atom is -0.368 e. The average molecular weight is 408 g/mol. The van der Waals surface area contributed by atoms with Crippen LogP contribution in [0.1, 0.15) is 17.0 Å². The number of halogens is 1. The minimum absolute atomic E-state index is 0.394. The molecule has 5 nitrogen and oxygen atoms in total. The van der Waals surface area contributed by atoms with Crippen molar-refractivity contribution in [2.45, 2.75) is 25.9 Å². The summed E-state index contributed by atoms with van der Waals surface area (Å²) in [6.07, 6.45) is 1.10. The molecular formula is C17H22BrN5S. The van der Waals surface area contributed by atoms with E-state index in [2.05, 4.69) is 59.6 Å². The Hall–Kier alpha value is -1.60. The van der Waals surface area contributed by atoms with Crippen molar-refractivity contribution in [1.29, 1.82) is 0 Å².